The van der Waals surface area contributed by atoms with Crippen molar-refractivity contribution in [1.82, 2.24) is 0 Å². The van der Waals surface area contributed by atoms with Crippen LogP contribution in [-0.4, -0.2) is 11.1 Å². The molecule has 20 heavy (non-hydrogen) atoms. The molecule has 0 radical (unpaired) electrons. The lowest BCUT2D eigenvalue weighted by atomic mass is 10.1. The molecule has 0 saturated heterocycles. The van der Waals surface area contributed by atoms with Crippen LogP contribution in [0.1, 0.15) is 21.5 Å². The van der Waals surface area contributed by atoms with Crippen molar-refractivity contribution in [3.63, 3.8) is 0 Å². The Labute approximate surface area is 126 Å². The number of carbonyl (C=O) groups is 1. The van der Waals surface area contributed by atoms with Crippen LogP contribution in [-0.2, 0) is 6.61 Å². The molecule has 3 nitrogen and oxygen atoms in total. The lowest BCUT2D eigenvalue weighted by Crippen LogP contribution is -2.04. The fourth-order valence-corrected chi connectivity index (χ4v) is 2.11. The maximum atomic E-state index is 11.2. The molecule has 0 heterocycles. The molecule has 0 saturated carbocycles. The Morgan fingerprint density at radius 2 is 1.95 bits per heavy atom. The Morgan fingerprint density at radius 3 is 2.65 bits per heavy atom. The highest BCUT2D eigenvalue weighted by molar-refractivity contribution is 6.33. The van der Waals surface area contributed by atoms with Crippen molar-refractivity contribution < 1.29 is 14.6 Å². The number of ether oxygens (including phenoxy) is 1. The summed E-state index contributed by atoms with van der Waals surface area (Å²) in [5, 5.41) is 10.2. The van der Waals surface area contributed by atoms with Gasteiger partial charge in [-0.3, -0.25) is 0 Å². The summed E-state index contributed by atoms with van der Waals surface area (Å²) in [6, 6.07) is 10.0. The van der Waals surface area contributed by atoms with Gasteiger partial charge in [0, 0.05) is 15.6 Å². The van der Waals surface area contributed by atoms with E-state index in [4.69, 9.17) is 33.0 Å². The molecule has 0 atom stereocenters. The summed E-state index contributed by atoms with van der Waals surface area (Å²) in [6.07, 6.45) is 0. The van der Waals surface area contributed by atoms with Crippen LogP contribution in [0.15, 0.2) is 36.4 Å². The van der Waals surface area contributed by atoms with Crippen molar-refractivity contribution in [2.45, 2.75) is 13.5 Å². The lowest BCUT2D eigenvalue weighted by Gasteiger charge is -2.11. The van der Waals surface area contributed by atoms with E-state index >= 15 is 0 Å². The van der Waals surface area contributed by atoms with Gasteiger partial charge in [0.05, 0.1) is 0 Å². The van der Waals surface area contributed by atoms with E-state index in [1.54, 1.807) is 36.4 Å². The zero-order chi connectivity index (χ0) is 14.7. The monoisotopic (exact) mass is 310 g/mol. The molecule has 0 aliphatic heterocycles. The Kier molecular flexibility index (Phi) is 4.53. The van der Waals surface area contributed by atoms with Gasteiger partial charge in [0.1, 0.15) is 17.9 Å². The number of halogens is 2. The third kappa shape index (κ3) is 3.44. The van der Waals surface area contributed by atoms with Crippen LogP contribution in [0.25, 0.3) is 0 Å². The van der Waals surface area contributed by atoms with Crippen LogP contribution < -0.4 is 4.74 Å². The second-order valence-corrected chi connectivity index (χ2v) is 5.17. The van der Waals surface area contributed by atoms with Crippen molar-refractivity contribution in [2.75, 3.05) is 0 Å². The molecule has 0 amide bonds. The standard InChI is InChI=1S/C15H12Cl2O3/c1-9-2-5-14(12(6-9)15(18)19)20-8-10-7-11(16)3-4-13(10)17/h2-7H,8H2,1H3,(H,18,19). The van der Waals surface area contributed by atoms with Gasteiger partial charge in [-0.15, -0.1) is 0 Å². The van der Waals surface area contributed by atoms with Crippen LogP contribution in [0.5, 0.6) is 5.75 Å². The molecule has 0 aliphatic rings. The van der Waals surface area contributed by atoms with Gasteiger partial charge in [0.15, 0.2) is 0 Å². The van der Waals surface area contributed by atoms with Gasteiger partial charge in [0.25, 0.3) is 0 Å². The molecular weight excluding hydrogens is 299 g/mol. The van der Waals surface area contributed by atoms with E-state index in [9.17, 15) is 4.79 Å². The quantitative estimate of drug-likeness (QED) is 0.899. The molecule has 2 aromatic rings. The predicted molar refractivity (Wildman–Crippen MR) is 78.9 cm³/mol. The summed E-state index contributed by atoms with van der Waals surface area (Å²) < 4.78 is 5.55. The highest BCUT2D eigenvalue weighted by Gasteiger charge is 2.12. The average Bonchev–Trinajstić information content (AvgIpc) is 2.40. The summed E-state index contributed by atoms with van der Waals surface area (Å²) in [4.78, 5) is 11.2. The van der Waals surface area contributed by atoms with Gasteiger partial charge in [-0.05, 0) is 37.3 Å². The van der Waals surface area contributed by atoms with Gasteiger partial charge >= 0.3 is 5.97 Å². The maximum Gasteiger partial charge on any atom is 0.339 e. The van der Waals surface area contributed by atoms with Crippen LogP contribution in [0.4, 0.5) is 0 Å². The number of aromatic carboxylic acids is 1. The zero-order valence-electron chi connectivity index (χ0n) is 10.7. The van der Waals surface area contributed by atoms with Crippen molar-refractivity contribution in [3.8, 4) is 5.75 Å². The highest BCUT2D eigenvalue weighted by Crippen LogP contribution is 2.25. The van der Waals surface area contributed by atoms with E-state index < -0.39 is 5.97 Å². The van der Waals surface area contributed by atoms with Crippen molar-refractivity contribution in [3.05, 3.63) is 63.1 Å². The average molecular weight is 311 g/mol. The van der Waals surface area contributed by atoms with Crippen molar-refractivity contribution in [2.24, 2.45) is 0 Å². The summed E-state index contributed by atoms with van der Waals surface area (Å²) in [7, 11) is 0. The molecule has 0 unspecified atom stereocenters. The van der Waals surface area contributed by atoms with Crippen molar-refractivity contribution >= 4 is 29.2 Å². The molecule has 1 N–H and O–H groups in total. The summed E-state index contributed by atoms with van der Waals surface area (Å²) in [6.45, 7) is 1.98. The normalized spacial score (nSPS) is 10.3. The Balaban J connectivity index is 2.23. The molecule has 0 spiro atoms. The van der Waals surface area contributed by atoms with E-state index in [2.05, 4.69) is 0 Å². The number of rotatable bonds is 4. The first-order valence-corrected chi connectivity index (χ1v) is 6.63. The predicted octanol–water partition coefficient (Wildman–Crippen LogP) is 4.58. The van der Waals surface area contributed by atoms with Crippen LogP contribution in [0.2, 0.25) is 10.0 Å². The lowest BCUT2D eigenvalue weighted by molar-refractivity contribution is 0.0691. The minimum Gasteiger partial charge on any atom is -0.488 e. The molecule has 0 aliphatic carbocycles. The largest absolute Gasteiger partial charge is 0.488 e. The Morgan fingerprint density at radius 1 is 1.20 bits per heavy atom. The fourth-order valence-electron chi connectivity index (χ4n) is 1.75. The maximum absolute atomic E-state index is 11.2. The topological polar surface area (TPSA) is 46.5 Å². The number of hydrogen-bond acceptors (Lipinski definition) is 2. The minimum atomic E-state index is -1.03. The molecular formula is C15H12Cl2O3. The third-order valence-electron chi connectivity index (χ3n) is 2.76. The fraction of sp³-hybridized carbons (Fsp3) is 0.133. The molecule has 0 aromatic heterocycles. The number of aryl methyl sites for hydroxylation is 1. The van der Waals surface area contributed by atoms with Crippen LogP contribution >= 0.6 is 23.2 Å². The number of carboxylic acids is 1. The van der Waals surface area contributed by atoms with Gasteiger partial charge in [-0.2, -0.15) is 0 Å². The van der Waals surface area contributed by atoms with Crippen LogP contribution in [0.3, 0.4) is 0 Å². The Hall–Kier alpha value is -1.71. The smallest absolute Gasteiger partial charge is 0.339 e. The summed E-state index contributed by atoms with van der Waals surface area (Å²) in [5.74, 6) is -0.722. The molecule has 5 heteroatoms. The van der Waals surface area contributed by atoms with E-state index in [1.165, 1.54) is 0 Å². The van der Waals surface area contributed by atoms with Gasteiger partial charge in [-0.1, -0.05) is 34.8 Å². The van der Waals surface area contributed by atoms with Gasteiger partial charge in [0.2, 0.25) is 0 Å². The van der Waals surface area contributed by atoms with Gasteiger partial charge in [-0.25, -0.2) is 4.79 Å². The number of benzene rings is 2. The second kappa shape index (κ2) is 6.16. The number of carboxylic acid groups (broad SMARTS) is 1. The van der Waals surface area contributed by atoms with Crippen molar-refractivity contribution in [1.29, 1.82) is 0 Å². The van der Waals surface area contributed by atoms with Gasteiger partial charge < -0.3 is 9.84 Å². The van der Waals surface area contributed by atoms with E-state index in [-0.39, 0.29) is 12.2 Å². The first-order valence-electron chi connectivity index (χ1n) is 5.88. The van der Waals surface area contributed by atoms with E-state index in [0.717, 1.165) is 5.56 Å². The Bertz CT molecular complexity index is 654. The third-order valence-corrected chi connectivity index (χ3v) is 3.36. The SMILES string of the molecule is Cc1ccc(OCc2cc(Cl)ccc2Cl)c(C(=O)O)c1. The van der Waals surface area contributed by atoms with Crippen LogP contribution in [0, 0.1) is 6.92 Å². The molecule has 2 rings (SSSR count). The highest BCUT2D eigenvalue weighted by atomic mass is 35.5. The molecule has 0 fully saturated rings. The molecule has 2 aromatic carbocycles. The second-order valence-electron chi connectivity index (χ2n) is 4.33. The minimum absolute atomic E-state index is 0.128. The zero-order valence-corrected chi connectivity index (χ0v) is 12.2. The first kappa shape index (κ1) is 14.7. The summed E-state index contributed by atoms with van der Waals surface area (Å²) >= 11 is 11.9. The molecule has 104 valence electrons. The molecule has 0 bridgehead atoms. The van der Waals surface area contributed by atoms with E-state index in [0.29, 0.717) is 21.4 Å². The number of hydrogen-bond donors (Lipinski definition) is 1. The first-order chi connectivity index (χ1) is 9.47. The van der Waals surface area contributed by atoms with E-state index in [1.807, 2.05) is 6.92 Å². The summed E-state index contributed by atoms with van der Waals surface area (Å²) in [5.41, 5.74) is 1.69.